The molecular formula is C7H10Cl3NO2. The predicted molar refractivity (Wildman–Crippen MR) is 54.1 cm³/mol. The van der Waals surface area contributed by atoms with Gasteiger partial charge >= 0.3 is 0 Å². The number of aliphatic hydroxyl groups excluding tert-OH is 1. The first-order valence-corrected chi connectivity index (χ1v) is 4.68. The molecule has 1 unspecified atom stereocenters. The van der Waals surface area contributed by atoms with Crippen LogP contribution in [0.1, 0.15) is 6.92 Å². The van der Waals surface area contributed by atoms with E-state index in [-0.39, 0.29) is 11.5 Å². The maximum atomic E-state index is 11.0. The molecule has 1 atom stereocenters. The first kappa shape index (κ1) is 13.0. The SMILES string of the molecule is C=C(C)C(=O)NC(O)C(Cl)(Cl)CCl. The average Bonchev–Trinajstić information content (AvgIpc) is 2.04. The van der Waals surface area contributed by atoms with Gasteiger partial charge in [-0.2, -0.15) is 0 Å². The first-order chi connectivity index (χ1) is 5.81. The van der Waals surface area contributed by atoms with Gasteiger partial charge in [0.2, 0.25) is 5.91 Å². The largest absolute Gasteiger partial charge is 0.370 e. The Labute approximate surface area is 91.7 Å². The monoisotopic (exact) mass is 245 g/mol. The zero-order chi connectivity index (χ0) is 10.6. The number of nitrogens with one attached hydrogen (secondary N) is 1. The van der Waals surface area contributed by atoms with E-state index >= 15 is 0 Å². The van der Waals surface area contributed by atoms with Crippen molar-refractivity contribution < 1.29 is 9.90 Å². The molecule has 0 bridgehead atoms. The highest BCUT2D eigenvalue weighted by Crippen LogP contribution is 2.25. The molecule has 6 heteroatoms. The highest BCUT2D eigenvalue weighted by molar-refractivity contribution is 6.52. The van der Waals surface area contributed by atoms with Gasteiger partial charge in [-0.1, -0.05) is 29.8 Å². The molecule has 0 aromatic carbocycles. The molecule has 0 rings (SSSR count). The van der Waals surface area contributed by atoms with Gasteiger partial charge in [-0.25, -0.2) is 0 Å². The van der Waals surface area contributed by atoms with E-state index in [9.17, 15) is 9.90 Å². The lowest BCUT2D eigenvalue weighted by atomic mass is 10.3. The lowest BCUT2D eigenvalue weighted by Crippen LogP contribution is -2.47. The van der Waals surface area contributed by atoms with Crippen LogP contribution in [-0.4, -0.2) is 27.5 Å². The van der Waals surface area contributed by atoms with Crippen LogP contribution in [-0.2, 0) is 4.79 Å². The summed E-state index contributed by atoms with van der Waals surface area (Å²) in [6.07, 6.45) is -1.42. The van der Waals surface area contributed by atoms with Crippen molar-refractivity contribution in [2.24, 2.45) is 0 Å². The molecule has 0 aliphatic carbocycles. The van der Waals surface area contributed by atoms with Crippen LogP contribution in [0.2, 0.25) is 0 Å². The smallest absolute Gasteiger partial charge is 0.248 e. The Hall–Kier alpha value is 0.0400. The summed E-state index contributed by atoms with van der Waals surface area (Å²) >= 11 is 16.5. The molecule has 1 amide bonds. The number of hydrogen-bond acceptors (Lipinski definition) is 2. The second-order valence-corrected chi connectivity index (χ2v) is 4.36. The topological polar surface area (TPSA) is 49.3 Å². The van der Waals surface area contributed by atoms with Crippen LogP contribution in [0.3, 0.4) is 0 Å². The Bertz CT molecular complexity index is 218. The summed E-state index contributed by atoms with van der Waals surface area (Å²) in [5.74, 6) is -0.725. The number of alkyl halides is 3. The number of halogens is 3. The summed E-state index contributed by atoms with van der Waals surface area (Å²) in [5, 5.41) is 11.4. The summed E-state index contributed by atoms with van der Waals surface area (Å²) in [6, 6.07) is 0. The standard InChI is InChI=1S/C7H10Cl3NO2/c1-4(2)5(12)11-6(13)7(9,10)3-8/h6,13H,1,3H2,2H3,(H,11,12). The quantitative estimate of drug-likeness (QED) is 0.448. The van der Waals surface area contributed by atoms with Crippen molar-refractivity contribution in [1.29, 1.82) is 0 Å². The molecule has 0 radical (unpaired) electrons. The minimum absolute atomic E-state index is 0.201. The zero-order valence-corrected chi connectivity index (χ0v) is 9.25. The van der Waals surface area contributed by atoms with Crippen LogP contribution in [0.15, 0.2) is 12.2 Å². The number of aliphatic hydroxyl groups is 1. The highest BCUT2D eigenvalue weighted by Gasteiger charge is 2.33. The Kier molecular flexibility index (Phi) is 5.07. The normalized spacial score (nSPS) is 13.6. The second-order valence-electron chi connectivity index (χ2n) is 2.55. The number of carbonyl (C=O) groups is 1. The fourth-order valence-electron chi connectivity index (χ4n) is 0.426. The molecule has 0 aliphatic rings. The van der Waals surface area contributed by atoms with Gasteiger partial charge < -0.3 is 10.4 Å². The lowest BCUT2D eigenvalue weighted by molar-refractivity contribution is -0.120. The van der Waals surface area contributed by atoms with Crippen molar-refractivity contribution >= 4 is 40.7 Å². The molecule has 76 valence electrons. The zero-order valence-electron chi connectivity index (χ0n) is 6.98. The van der Waals surface area contributed by atoms with Crippen molar-refractivity contribution in [1.82, 2.24) is 5.32 Å². The van der Waals surface area contributed by atoms with Gasteiger partial charge in [0.1, 0.15) is 0 Å². The summed E-state index contributed by atoms with van der Waals surface area (Å²) in [5.41, 5.74) is 0.248. The molecule has 0 aliphatic heterocycles. The van der Waals surface area contributed by atoms with E-state index in [4.69, 9.17) is 34.8 Å². The summed E-state index contributed by atoms with van der Waals surface area (Å²) < 4.78 is -1.59. The molecule has 0 aromatic heterocycles. The molecule has 0 aromatic rings. The van der Waals surface area contributed by atoms with Gasteiger partial charge in [0.25, 0.3) is 0 Å². The minimum atomic E-state index is -1.59. The van der Waals surface area contributed by atoms with Crippen molar-refractivity contribution in [3.8, 4) is 0 Å². The number of hydrogen-bond donors (Lipinski definition) is 2. The molecular weight excluding hydrogens is 236 g/mol. The maximum absolute atomic E-state index is 11.0. The van der Waals surface area contributed by atoms with E-state index in [2.05, 4.69) is 11.9 Å². The van der Waals surface area contributed by atoms with E-state index < -0.39 is 16.5 Å². The highest BCUT2D eigenvalue weighted by atomic mass is 35.5. The van der Waals surface area contributed by atoms with Crippen LogP contribution in [0, 0.1) is 0 Å². The molecule has 0 saturated carbocycles. The van der Waals surface area contributed by atoms with Gasteiger partial charge in [-0.05, 0) is 6.92 Å². The van der Waals surface area contributed by atoms with Gasteiger partial charge in [0, 0.05) is 5.57 Å². The Morgan fingerprint density at radius 1 is 1.69 bits per heavy atom. The third-order valence-electron chi connectivity index (χ3n) is 1.23. The number of carbonyl (C=O) groups excluding carboxylic acids is 1. The third kappa shape index (κ3) is 4.18. The first-order valence-electron chi connectivity index (χ1n) is 3.39. The van der Waals surface area contributed by atoms with Gasteiger partial charge in [0.15, 0.2) is 10.6 Å². The molecule has 0 fully saturated rings. The fourth-order valence-corrected chi connectivity index (χ4v) is 0.681. The molecule has 0 saturated heterocycles. The van der Waals surface area contributed by atoms with Crippen molar-refractivity contribution in [3.63, 3.8) is 0 Å². The van der Waals surface area contributed by atoms with Gasteiger partial charge in [-0.15, -0.1) is 11.6 Å². The maximum Gasteiger partial charge on any atom is 0.248 e. The van der Waals surface area contributed by atoms with E-state index in [1.54, 1.807) is 0 Å². The summed E-state index contributed by atoms with van der Waals surface area (Å²) in [4.78, 5) is 11.0. The second kappa shape index (κ2) is 5.05. The third-order valence-corrected chi connectivity index (χ3v) is 2.61. The Morgan fingerprint density at radius 2 is 2.15 bits per heavy atom. The average molecular weight is 247 g/mol. The Morgan fingerprint density at radius 3 is 2.46 bits per heavy atom. The van der Waals surface area contributed by atoms with Crippen molar-refractivity contribution in [2.45, 2.75) is 17.5 Å². The lowest BCUT2D eigenvalue weighted by Gasteiger charge is -2.23. The summed E-state index contributed by atoms with van der Waals surface area (Å²) in [7, 11) is 0. The number of rotatable bonds is 4. The molecule has 13 heavy (non-hydrogen) atoms. The van der Waals surface area contributed by atoms with Crippen molar-refractivity contribution in [2.75, 3.05) is 5.88 Å². The molecule has 3 nitrogen and oxygen atoms in total. The molecule has 0 spiro atoms. The fraction of sp³-hybridized carbons (Fsp3) is 0.571. The van der Waals surface area contributed by atoms with Crippen LogP contribution in [0.5, 0.6) is 0 Å². The van der Waals surface area contributed by atoms with Crippen LogP contribution >= 0.6 is 34.8 Å². The minimum Gasteiger partial charge on any atom is -0.370 e. The van der Waals surface area contributed by atoms with Gasteiger partial charge in [0.05, 0.1) is 5.88 Å². The summed E-state index contributed by atoms with van der Waals surface area (Å²) in [6.45, 7) is 4.87. The molecule has 2 N–H and O–H groups in total. The van der Waals surface area contributed by atoms with Crippen LogP contribution < -0.4 is 5.32 Å². The predicted octanol–water partition coefficient (Wildman–Crippen LogP) is 1.41. The van der Waals surface area contributed by atoms with E-state index in [0.717, 1.165) is 0 Å². The van der Waals surface area contributed by atoms with E-state index in [0.29, 0.717) is 0 Å². The molecule has 0 heterocycles. The number of amides is 1. The van der Waals surface area contributed by atoms with Gasteiger partial charge in [-0.3, -0.25) is 4.79 Å². The van der Waals surface area contributed by atoms with Crippen molar-refractivity contribution in [3.05, 3.63) is 12.2 Å². The Balaban J connectivity index is 4.23. The van der Waals surface area contributed by atoms with E-state index in [1.807, 2.05) is 0 Å². The van der Waals surface area contributed by atoms with Crippen LogP contribution in [0.25, 0.3) is 0 Å². The van der Waals surface area contributed by atoms with E-state index in [1.165, 1.54) is 6.92 Å². The van der Waals surface area contributed by atoms with Crippen LogP contribution in [0.4, 0.5) is 0 Å².